The average Bonchev–Trinajstić information content (AvgIpc) is 3.02. The molecule has 2 aromatic carbocycles. The normalized spacial score (nSPS) is 18.7. The second-order valence-corrected chi connectivity index (χ2v) is 23.2. The zero-order valence-corrected chi connectivity index (χ0v) is 39.1. The molecule has 1 aliphatic rings. The van der Waals surface area contributed by atoms with E-state index < -0.39 is 61.1 Å². The molecule has 58 heavy (non-hydrogen) atoms. The molecule has 0 radical (unpaired) electrons. The molecule has 0 bridgehead atoms. The fraction of sp³-hybridized carbons (Fsp3) is 0.612. The fourth-order valence-electron chi connectivity index (χ4n) is 7.95. The van der Waals surface area contributed by atoms with Crippen molar-refractivity contribution in [1.82, 2.24) is 13.7 Å². The van der Waals surface area contributed by atoms with Gasteiger partial charge in [0.25, 0.3) is 0 Å². The Bertz CT molecular complexity index is 2130. The highest BCUT2D eigenvalue weighted by Crippen LogP contribution is 2.51. The molecule has 0 aliphatic heterocycles. The molecule has 0 fully saturated rings. The maximum Gasteiger partial charge on any atom is 0.336 e. The largest absolute Gasteiger partial charge is 0.507 e. The van der Waals surface area contributed by atoms with E-state index in [0.29, 0.717) is 39.0 Å². The summed E-state index contributed by atoms with van der Waals surface area (Å²) in [6, 6.07) is 7.39. The first-order valence-corrected chi connectivity index (χ1v) is 20.7. The number of nitrogens with zero attached hydrogens (tertiary/aromatic N) is 3. The average molecular weight is 800 g/mol. The van der Waals surface area contributed by atoms with Crippen molar-refractivity contribution in [3.8, 4) is 11.5 Å². The van der Waals surface area contributed by atoms with Crippen LogP contribution < -0.4 is 17.1 Å². The number of allylic oxidation sites excluding steroid dienone is 2. The Hall–Kier alpha value is -4.11. The van der Waals surface area contributed by atoms with Gasteiger partial charge in [-0.05, 0) is 101 Å². The van der Waals surface area contributed by atoms with Crippen LogP contribution in [-0.2, 0) is 41.3 Å². The Morgan fingerprint density at radius 2 is 0.810 bits per heavy atom. The van der Waals surface area contributed by atoms with Gasteiger partial charge in [0.2, 0.25) is 0 Å². The summed E-state index contributed by atoms with van der Waals surface area (Å²) >= 11 is 0. The van der Waals surface area contributed by atoms with Gasteiger partial charge in [-0.1, -0.05) is 144 Å². The highest BCUT2D eigenvalue weighted by atomic mass is 16.3. The van der Waals surface area contributed by atoms with Crippen molar-refractivity contribution in [2.24, 2.45) is 16.2 Å². The monoisotopic (exact) mass is 800 g/mol. The predicted octanol–water partition coefficient (Wildman–Crippen LogP) is 9.20. The molecule has 3 aromatic rings. The first-order valence-electron chi connectivity index (χ1n) is 20.7. The van der Waals surface area contributed by atoms with Crippen LogP contribution in [0.4, 0.5) is 0 Å². The minimum absolute atomic E-state index is 0.123. The standard InChI is InChI=1S/C49H73N3O6/c1-43(2,3)32-20-29(21-33(37(32)53)44(4,5)6)26-50-40(56)51(27-30-22-34(45(7,8)9)38(54)35(23-30)46(10,11)12)42(58)52(41(50)57)28-31-24-36(47(13,14)15)39(55)49(19,25-31)48(16,17)18/h20-25,39,53-55H,26-28H2,1-19H3. The summed E-state index contributed by atoms with van der Waals surface area (Å²) in [4.78, 5) is 44.3. The third-order valence-electron chi connectivity index (χ3n) is 12.1. The molecular formula is C49H73N3O6. The van der Waals surface area contributed by atoms with Crippen LogP contribution in [0.25, 0.3) is 0 Å². The summed E-state index contributed by atoms with van der Waals surface area (Å²) in [5, 5.41) is 34.8. The lowest BCUT2D eigenvalue weighted by molar-refractivity contribution is 0.00624. The van der Waals surface area contributed by atoms with Gasteiger partial charge in [0.15, 0.2) is 0 Å². The molecule has 320 valence electrons. The van der Waals surface area contributed by atoms with Crippen molar-refractivity contribution in [1.29, 1.82) is 0 Å². The Labute approximate surface area is 347 Å². The molecule has 0 amide bonds. The first-order chi connectivity index (χ1) is 25.9. The number of rotatable bonds is 6. The van der Waals surface area contributed by atoms with Crippen LogP contribution in [0.3, 0.4) is 0 Å². The first kappa shape index (κ1) is 46.6. The maximum absolute atomic E-state index is 14.8. The van der Waals surface area contributed by atoms with Gasteiger partial charge in [-0.2, -0.15) is 0 Å². The summed E-state index contributed by atoms with van der Waals surface area (Å²) < 4.78 is 3.38. The molecule has 3 N–H and O–H groups in total. The number of phenolic OH excluding ortho intramolecular Hbond substituents is 2. The lowest BCUT2D eigenvalue weighted by Crippen LogP contribution is -2.55. The van der Waals surface area contributed by atoms with Gasteiger partial charge in [0.05, 0.1) is 25.7 Å². The molecule has 4 rings (SSSR count). The SMILES string of the molecule is CC(C)(C)C1=CC(Cn2c(=O)n(Cc3cc(C(C)(C)C)c(O)c(C(C)(C)C)c3)c(=O)n(Cc3cc(C(C)(C)C)c(O)c(C(C)(C)C)c3)c2=O)=CC(C)(C(C)(C)C)C1O. The Morgan fingerprint density at radius 3 is 1.07 bits per heavy atom. The van der Waals surface area contributed by atoms with Gasteiger partial charge in [-0.3, -0.25) is 0 Å². The van der Waals surface area contributed by atoms with Crippen LogP contribution in [-0.4, -0.2) is 35.1 Å². The third kappa shape index (κ3) is 9.05. The Morgan fingerprint density at radius 1 is 0.517 bits per heavy atom. The molecule has 1 aliphatic carbocycles. The third-order valence-corrected chi connectivity index (χ3v) is 12.1. The minimum atomic E-state index is -0.800. The van der Waals surface area contributed by atoms with E-state index >= 15 is 0 Å². The van der Waals surface area contributed by atoms with Crippen LogP contribution in [0, 0.1) is 16.2 Å². The molecule has 0 saturated carbocycles. The number of aliphatic hydroxyl groups excluding tert-OH is 1. The molecule has 2 atom stereocenters. The van der Waals surface area contributed by atoms with Crippen LogP contribution in [0.1, 0.15) is 165 Å². The lowest BCUT2D eigenvalue weighted by Gasteiger charge is -2.49. The van der Waals surface area contributed by atoms with Crippen molar-refractivity contribution in [3.05, 3.63) is 112 Å². The highest BCUT2D eigenvalue weighted by Gasteiger charge is 2.47. The van der Waals surface area contributed by atoms with E-state index in [9.17, 15) is 29.7 Å². The van der Waals surface area contributed by atoms with E-state index in [2.05, 4.69) is 20.8 Å². The van der Waals surface area contributed by atoms with Crippen molar-refractivity contribution in [2.45, 2.75) is 179 Å². The summed E-state index contributed by atoms with van der Waals surface area (Å²) in [7, 11) is 0. The van der Waals surface area contributed by atoms with E-state index in [1.54, 1.807) is 0 Å². The smallest absolute Gasteiger partial charge is 0.336 e. The molecule has 9 nitrogen and oxygen atoms in total. The molecule has 2 unspecified atom stereocenters. The fourth-order valence-corrected chi connectivity index (χ4v) is 7.95. The van der Waals surface area contributed by atoms with E-state index in [1.165, 1.54) is 0 Å². The Kier molecular flexibility index (Phi) is 11.9. The molecule has 0 spiro atoms. The second kappa shape index (κ2) is 14.9. The zero-order valence-electron chi connectivity index (χ0n) is 39.1. The van der Waals surface area contributed by atoms with Gasteiger partial charge in [0.1, 0.15) is 11.5 Å². The quantitative estimate of drug-likeness (QED) is 0.228. The number of phenols is 2. The topological polar surface area (TPSA) is 127 Å². The number of benzene rings is 2. The highest BCUT2D eigenvalue weighted by molar-refractivity contribution is 5.51. The molecule has 9 heteroatoms. The van der Waals surface area contributed by atoms with Crippen molar-refractivity contribution < 1.29 is 15.3 Å². The molecule has 0 saturated heterocycles. The van der Waals surface area contributed by atoms with Gasteiger partial charge < -0.3 is 15.3 Å². The van der Waals surface area contributed by atoms with Crippen molar-refractivity contribution >= 4 is 0 Å². The van der Waals surface area contributed by atoms with Crippen LogP contribution in [0.2, 0.25) is 0 Å². The van der Waals surface area contributed by atoms with E-state index in [-0.39, 0.29) is 31.1 Å². The predicted molar refractivity (Wildman–Crippen MR) is 238 cm³/mol. The van der Waals surface area contributed by atoms with E-state index in [4.69, 9.17) is 0 Å². The number of aromatic hydroxyl groups is 2. The van der Waals surface area contributed by atoms with Gasteiger partial charge in [0, 0.05) is 5.41 Å². The van der Waals surface area contributed by atoms with Crippen molar-refractivity contribution in [2.75, 3.05) is 0 Å². The van der Waals surface area contributed by atoms with Crippen LogP contribution >= 0.6 is 0 Å². The molecular weight excluding hydrogens is 727 g/mol. The summed E-state index contributed by atoms with van der Waals surface area (Å²) in [6.07, 6.45) is 3.08. The second-order valence-electron chi connectivity index (χ2n) is 23.2. The molecule has 1 heterocycles. The molecule has 1 aromatic heterocycles. The lowest BCUT2D eigenvalue weighted by atomic mass is 9.58. The van der Waals surface area contributed by atoms with Gasteiger partial charge in [-0.15, -0.1) is 0 Å². The minimum Gasteiger partial charge on any atom is -0.507 e. The van der Waals surface area contributed by atoms with Gasteiger partial charge in [-0.25, -0.2) is 28.1 Å². The van der Waals surface area contributed by atoms with Gasteiger partial charge >= 0.3 is 17.1 Å². The van der Waals surface area contributed by atoms with E-state index in [1.807, 2.05) is 147 Å². The maximum atomic E-state index is 14.8. The number of hydrogen-bond donors (Lipinski definition) is 3. The van der Waals surface area contributed by atoms with Crippen LogP contribution in [0.15, 0.2) is 61.9 Å². The van der Waals surface area contributed by atoms with Crippen LogP contribution in [0.5, 0.6) is 11.5 Å². The van der Waals surface area contributed by atoms with Crippen molar-refractivity contribution in [3.63, 3.8) is 0 Å². The summed E-state index contributed by atoms with van der Waals surface area (Å²) in [5.74, 6) is 0.370. The Balaban J connectivity index is 2.11. The summed E-state index contributed by atoms with van der Waals surface area (Å²) in [5.41, 5.74) is -0.0651. The van der Waals surface area contributed by atoms with E-state index in [0.717, 1.165) is 19.3 Å². The zero-order chi connectivity index (χ0) is 44.7. The number of hydrogen-bond acceptors (Lipinski definition) is 6. The number of aromatic nitrogens is 3. The summed E-state index contributed by atoms with van der Waals surface area (Å²) in [6.45, 7) is 38.0. The number of aliphatic hydroxyl groups is 1.